The van der Waals surface area contributed by atoms with Gasteiger partial charge in [-0.1, -0.05) is 149 Å². The second kappa shape index (κ2) is 24.1. The minimum absolute atomic E-state index is 0. The standard InChI is InChI=1S/4C9H12O.Ti/c4*1-2-9(10)8-6-4-3-5-7-8;/h4*3-7,9-10H,2H2,1H3;/t4*9-;/m0000./s1. The van der Waals surface area contributed by atoms with Crippen molar-refractivity contribution in [3.8, 4) is 0 Å². The van der Waals surface area contributed by atoms with E-state index in [1.807, 2.05) is 149 Å². The van der Waals surface area contributed by atoms with Crippen molar-refractivity contribution in [2.24, 2.45) is 0 Å². The Morgan fingerprint density at radius 1 is 0.341 bits per heavy atom. The van der Waals surface area contributed by atoms with Gasteiger partial charge in [0.15, 0.2) is 0 Å². The first-order valence-corrected chi connectivity index (χ1v) is 14.3. The first-order valence-electron chi connectivity index (χ1n) is 14.3. The van der Waals surface area contributed by atoms with Crippen molar-refractivity contribution in [1.82, 2.24) is 0 Å². The summed E-state index contributed by atoms with van der Waals surface area (Å²) in [7, 11) is 0. The van der Waals surface area contributed by atoms with Gasteiger partial charge in [0.25, 0.3) is 0 Å². The second-order valence-electron chi connectivity index (χ2n) is 9.34. The van der Waals surface area contributed by atoms with Crippen LogP contribution < -0.4 is 0 Å². The van der Waals surface area contributed by atoms with Gasteiger partial charge in [-0.3, -0.25) is 0 Å². The summed E-state index contributed by atoms with van der Waals surface area (Å²) < 4.78 is 0. The minimum Gasteiger partial charge on any atom is -0.388 e. The maximum Gasteiger partial charge on any atom is 0.0787 e. The van der Waals surface area contributed by atoms with Crippen LogP contribution in [0.4, 0.5) is 0 Å². The van der Waals surface area contributed by atoms with Crippen molar-refractivity contribution in [2.45, 2.75) is 77.8 Å². The Morgan fingerprint density at radius 2 is 0.488 bits per heavy atom. The zero-order chi connectivity index (χ0) is 29.6. The van der Waals surface area contributed by atoms with Crippen molar-refractivity contribution >= 4 is 0 Å². The summed E-state index contributed by atoms with van der Waals surface area (Å²) in [6.45, 7) is 7.88. The van der Waals surface area contributed by atoms with E-state index in [9.17, 15) is 20.4 Å². The number of hydrogen-bond donors (Lipinski definition) is 4. The van der Waals surface area contributed by atoms with E-state index in [1.54, 1.807) is 0 Å². The molecule has 4 atom stereocenters. The summed E-state index contributed by atoms with van der Waals surface area (Å²) in [6.07, 6.45) is 1.96. The van der Waals surface area contributed by atoms with Gasteiger partial charge in [-0.05, 0) is 47.9 Å². The molecule has 4 rings (SSSR count). The molecule has 0 radical (unpaired) electrons. The maximum atomic E-state index is 9.33. The fraction of sp³-hybridized carbons (Fsp3) is 0.333. The zero-order valence-electron chi connectivity index (χ0n) is 25.0. The molecule has 0 bridgehead atoms. The van der Waals surface area contributed by atoms with Crippen molar-refractivity contribution in [3.05, 3.63) is 144 Å². The molecule has 0 fully saturated rings. The molecule has 0 aliphatic rings. The van der Waals surface area contributed by atoms with Gasteiger partial charge in [0, 0.05) is 21.7 Å². The van der Waals surface area contributed by atoms with Crippen molar-refractivity contribution in [1.29, 1.82) is 0 Å². The van der Waals surface area contributed by atoms with E-state index in [0.717, 1.165) is 47.9 Å². The van der Waals surface area contributed by atoms with Crippen LogP contribution in [0.3, 0.4) is 0 Å². The van der Waals surface area contributed by atoms with Gasteiger partial charge in [-0.25, -0.2) is 0 Å². The van der Waals surface area contributed by atoms with Gasteiger partial charge >= 0.3 is 0 Å². The summed E-state index contributed by atoms with van der Waals surface area (Å²) in [5, 5.41) is 37.3. The molecule has 0 spiro atoms. The van der Waals surface area contributed by atoms with Crippen LogP contribution in [-0.2, 0) is 21.7 Å². The molecule has 4 aromatic carbocycles. The van der Waals surface area contributed by atoms with Crippen molar-refractivity contribution in [2.75, 3.05) is 0 Å². The topological polar surface area (TPSA) is 80.9 Å². The molecule has 4 nitrogen and oxygen atoms in total. The molecule has 0 saturated carbocycles. The van der Waals surface area contributed by atoms with Crippen LogP contribution in [0.15, 0.2) is 121 Å². The van der Waals surface area contributed by atoms with Crippen LogP contribution in [0.25, 0.3) is 0 Å². The maximum absolute atomic E-state index is 9.33. The Kier molecular flexibility index (Phi) is 22.6. The molecular weight excluding hydrogens is 544 g/mol. The zero-order valence-corrected chi connectivity index (χ0v) is 26.5. The van der Waals surface area contributed by atoms with Crippen molar-refractivity contribution < 1.29 is 42.1 Å². The Bertz CT molecular complexity index is 914. The van der Waals surface area contributed by atoms with Crippen LogP contribution in [0.5, 0.6) is 0 Å². The van der Waals surface area contributed by atoms with Crippen LogP contribution in [0, 0.1) is 0 Å². The van der Waals surface area contributed by atoms with E-state index in [0.29, 0.717) is 0 Å². The molecule has 0 aromatic heterocycles. The van der Waals surface area contributed by atoms with E-state index < -0.39 is 0 Å². The van der Waals surface area contributed by atoms with Gasteiger partial charge < -0.3 is 20.4 Å². The molecule has 4 N–H and O–H groups in total. The monoisotopic (exact) mass is 592 g/mol. The third-order valence-corrected chi connectivity index (χ3v) is 6.28. The van der Waals surface area contributed by atoms with Gasteiger partial charge in [-0.15, -0.1) is 0 Å². The first kappa shape index (κ1) is 38.4. The molecule has 0 heterocycles. The molecule has 0 amide bonds. The average molecular weight is 593 g/mol. The predicted octanol–water partition coefficient (Wildman–Crippen LogP) is 8.52. The summed E-state index contributed by atoms with van der Waals surface area (Å²) >= 11 is 0. The third kappa shape index (κ3) is 16.5. The van der Waals surface area contributed by atoms with E-state index in [-0.39, 0.29) is 46.1 Å². The Labute approximate surface area is 262 Å². The molecule has 0 unspecified atom stereocenters. The molecule has 5 heteroatoms. The number of benzene rings is 4. The van der Waals surface area contributed by atoms with Gasteiger partial charge in [-0.2, -0.15) is 0 Å². The van der Waals surface area contributed by atoms with E-state index in [4.69, 9.17) is 0 Å². The third-order valence-electron chi connectivity index (χ3n) is 6.28. The predicted molar refractivity (Wildman–Crippen MR) is 167 cm³/mol. The Morgan fingerprint density at radius 3 is 0.610 bits per heavy atom. The minimum atomic E-state index is -0.291. The summed E-state index contributed by atoms with van der Waals surface area (Å²) in [5.41, 5.74) is 4.02. The molecule has 41 heavy (non-hydrogen) atoms. The van der Waals surface area contributed by atoms with Gasteiger partial charge in [0.05, 0.1) is 24.4 Å². The molecular formula is C36H48O4Ti. The first-order chi connectivity index (χ1) is 19.4. The van der Waals surface area contributed by atoms with E-state index in [1.165, 1.54) is 0 Å². The number of rotatable bonds is 8. The summed E-state index contributed by atoms with van der Waals surface area (Å²) in [6, 6.07) is 38.8. The number of hydrogen-bond acceptors (Lipinski definition) is 4. The normalized spacial score (nSPS) is 12.7. The van der Waals surface area contributed by atoms with E-state index >= 15 is 0 Å². The SMILES string of the molecule is CC[C@H](O)c1ccccc1.CC[C@H](O)c1ccccc1.CC[C@H](O)c1ccccc1.CC[C@H](O)c1ccccc1.[Ti]. The second-order valence-corrected chi connectivity index (χ2v) is 9.34. The largest absolute Gasteiger partial charge is 0.388 e. The smallest absolute Gasteiger partial charge is 0.0787 e. The van der Waals surface area contributed by atoms with Crippen LogP contribution in [0.2, 0.25) is 0 Å². The van der Waals surface area contributed by atoms with Crippen LogP contribution >= 0.6 is 0 Å². The quantitative estimate of drug-likeness (QED) is 0.155. The fourth-order valence-corrected chi connectivity index (χ4v) is 3.64. The molecule has 0 aliphatic carbocycles. The number of aliphatic hydroxyl groups excluding tert-OH is 4. The molecule has 4 aromatic rings. The summed E-state index contributed by atoms with van der Waals surface area (Å²) in [5.74, 6) is 0. The van der Waals surface area contributed by atoms with E-state index in [2.05, 4.69) is 0 Å². The summed E-state index contributed by atoms with van der Waals surface area (Å²) in [4.78, 5) is 0. The molecule has 220 valence electrons. The number of aliphatic hydroxyl groups is 4. The van der Waals surface area contributed by atoms with Crippen molar-refractivity contribution in [3.63, 3.8) is 0 Å². The van der Waals surface area contributed by atoms with Crippen LogP contribution in [0.1, 0.15) is 100 Å². The fourth-order valence-electron chi connectivity index (χ4n) is 3.64. The molecule has 0 aliphatic heterocycles. The van der Waals surface area contributed by atoms with Gasteiger partial charge in [0.1, 0.15) is 0 Å². The Balaban J connectivity index is 0.000000516. The average Bonchev–Trinajstić information content (AvgIpc) is 3.05. The van der Waals surface area contributed by atoms with Crippen LogP contribution in [-0.4, -0.2) is 20.4 Å². The van der Waals surface area contributed by atoms with Gasteiger partial charge in [0.2, 0.25) is 0 Å². The Hall–Kier alpha value is -2.57. The molecule has 0 saturated heterocycles.